The zero-order valence-corrected chi connectivity index (χ0v) is 14.2. The average molecular weight is 302 g/mol. The third kappa shape index (κ3) is 3.67. The Balaban J connectivity index is 2.51. The number of benzene rings is 1. The minimum absolute atomic E-state index is 0.0387. The van der Waals surface area contributed by atoms with Crippen molar-refractivity contribution in [2.24, 2.45) is 5.92 Å². The average Bonchev–Trinajstić information content (AvgIpc) is 2.73. The van der Waals surface area contributed by atoms with Gasteiger partial charge in [0.05, 0.1) is 17.5 Å². The van der Waals surface area contributed by atoms with Gasteiger partial charge in [0.15, 0.2) is 0 Å². The molecule has 2 aromatic rings. The highest BCUT2D eigenvalue weighted by Gasteiger charge is 2.23. The van der Waals surface area contributed by atoms with E-state index in [0.29, 0.717) is 5.92 Å². The molecule has 0 radical (unpaired) electrons. The highest BCUT2D eigenvalue weighted by Crippen LogP contribution is 2.28. The quantitative estimate of drug-likeness (QED) is 0.908. The molecule has 1 aromatic heterocycles. The van der Waals surface area contributed by atoms with Crippen molar-refractivity contribution in [3.8, 4) is 0 Å². The third-order valence-corrected chi connectivity index (χ3v) is 3.77. The van der Waals surface area contributed by atoms with Crippen LogP contribution in [0.15, 0.2) is 18.2 Å². The predicted molar refractivity (Wildman–Crippen MR) is 89.2 cm³/mol. The molecule has 0 aliphatic heterocycles. The Morgan fingerprint density at radius 2 is 2.00 bits per heavy atom. The second-order valence-corrected chi connectivity index (χ2v) is 7.41. The summed E-state index contributed by atoms with van der Waals surface area (Å²) in [6.45, 7) is 11.9. The maximum Gasteiger partial charge on any atom is 0.307 e. The van der Waals surface area contributed by atoms with Crippen molar-refractivity contribution in [1.29, 1.82) is 0 Å². The molecule has 0 saturated heterocycles. The number of imidazole rings is 1. The second-order valence-electron chi connectivity index (χ2n) is 7.41. The summed E-state index contributed by atoms with van der Waals surface area (Å²) in [5.41, 5.74) is 2.75. The number of carboxylic acids is 1. The van der Waals surface area contributed by atoms with E-state index >= 15 is 0 Å². The molecule has 4 heteroatoms. The molecular formula is C18H26N2O2. The van der Waals surface area contributed by atoms with Crippen LogP contribution >= 0.6 is 0 Å². The zero-order valence-electron chi connectivity index (χ0n) is 14.2. The Labute approximate surface area is 132 Å². The fraction of sp³-hybridized carbons (Fsp3) is 0.556. The van der Waals surface area contributed by atoms with Crippen LogP contribution in [0.25, 0.3) is 11.0 Å². The normalized spacial score (nSPS) is 12.3. The largest absolute Gasteiger partial charge is 0.481 e. The standard InChI is InChI=1S/C18H26N2O2/c1-12(2)8-9-20-15-7-6-13(11-16(21)22)10-14(15)19-17(20)18(3,4)5/h6-7,10,12H,8-9,11H2,1-5H3,(H,21,22). The molecule has 0 fully saturated rings. The second kappa shape index (κ2) is 6.11. The van der Waals surface area contributed by atoms with Crippen molar-refractivity contribution in [1.82, 2.24) is 9.55 Å². The summed E-state index contributed by atoms with van der Waals surface area (Å²) in [6.07, 6.45) is 1.14. The minimum atomic E-state index is -0.811. The Hall–Kier alpha value is -1.84. The molecule has 2 rings (SSSR count). The summed E-state index contributed by atoms with van der Waals surface area (Å²) in [7, 11) is 0. The number of carboxylic acid groups (broad SMARTS) is 1. The van der Waals surface area contributed by atoms with E-state index in [4.69, 9.17) is 10.1 Å². The number of fused-ring (bicyclic) bond motifs is 1. The van der Waals surface area contributed by atoms with Gasteiger partial charge in [-0.3, -0.25) is 4.79 Å². The summed E-state index contributed by atoms with van der Waals surface area (Å²) < 4.78 is 2.29. The fourth-order valence-electron chi connectivity index (χ4n) is 2.65. The summed E-state index contributed by atoms with van der Waals surface area (Å²) in [5.74, 6) is 0.891. The maximum atomic E-state index is 10.9. The first kappa shape index (κ1) is 16.5. The van der Waals surface area contributed by atoms with Crippen LogP contribution in [0.5, 0.6) is 0 Å². The lowest BCUT2D eigenvalue weighted by atomic mass is 9.95. The lowest BCUT2D eigenvalue weighted by molar-refractivity contribution is -0.136. The SMILES string of the molecule is CC(C)CCn1c(C(C)(C)C)nc2cc(CC(=O)O)ccc21. The molecule has 1 N–H and O–H groups in total. The molecule has 0 aliphatic rings. The molecule has 120 valence electrons. The fourth-order valence-corrected chi connectivity index (χ4v) is 2.65. The number of hydrogen-bond donors (Lipinski definition) is 1. The monoisotopic (exact) mass is 302 g/mol. The van der Waals surface area contributed by atoms with E-state index in [9.17, 15) is 4.79 Å². The van der Waals surface area contributed by atoms with Crippen molar-refractivity contribution < 1.29 is 9.90 Å². The summed E-state index contributed by atoms with van der Waals surface area (Å²) in [5, 5.41) is 8.95. The van der Waals surface area contributed by atoms with Gasteiger partial charge in [0.2, 0.25) is 0 Å². The summed E-state index contributed by atoms with van der Waals surface area (Å²) in [4.78, 5) is 15.7. The van der Waals surface area contributed by atoms with E-state index in [2.05, 4.69) is 39.2 Å². The van der Waals surface area contributed by atoms with Crippen molar-refractivity contribution in [3.63, 3.8) is 0 Å². The van der Waals surface area contributed by atoms with Gasteiger partial charge in [-0.25, -0.2) is 4.98 Å². The molecule has 0 unspecified atom stereocenters. The minimum Gasteiger partial charge on any atom is -0.481 e. The first-order chi connectivity index (χ1) is 10.2. The van der Waals surface area contributed by atoms with Gasteiger partial charge in [0.25, 0.3) is 0 Å². The number of aromatic nitrogens is 2. The van der Waals surface area contributed by atoms with E-state index in [1.807, 2.05) is 18.2 Å². The Bertz CT molecular complexity index is 678. The molecular weight excluding hydrogens is 276 g/mol. The van der Waals surface area contributed by atoms with Crippen LogP contribution in [-0.2, 0) is 23.2 Å². The Kier molecular flexibility index (Phi) is 4.59. The van der Waals surface area contributed by atoms with Gasteiger partial charge in [0.1, 0.15) is 5.82 Å². The first-order valence-corrected chi connectivity index (χ1v) is 7.90. The van der Waals surface area contributed by atoms with E-state index in [1.54, 1.807) is 0 Å². The zero-order chi connectivity index (χ0) is 16.5. The van der Waals surface area contributed by atoms with Crippen LogP contribution in [-0.4, -0.2) is 20.6 Å². The molecule has 0 amide bonds. The van der Waals surface area contributed by atoms with E-state index < -0.39 is 5.97 Å². The topological polar surface area (TPSA) is 55.1 Å². The molecule has 0 aliphatic carbocycles. The van der Waals surface area contributed by atoms with Crippen molar-refractivity contribution >= 4 is 17.0 Å². The molecule has 0 saturated carbocycles. The lowest BCUT2D eigenvalue weighted by Crippen LogP contribution is -2.19. The number of carbonyl (C=O) groups is 1. The molecule has 1 heterocycles. The van der Waals surface area contributed by atoms with Crippen molar-refractivity contribution in [2.45, 2.75) is 59.4 Å². The van der Waals surface area contributed by atoms with E-state index in [1.165, 1.54) is 0 Å². The van der Waals surface area contributed by atoms with Crippen LogP contribution in [0, 0.1) is 5.92 Å². The number of nitrogens with zero attached hydrogens (tertiary/aromatic N) is 2. The molecule has 0 atom stereocenters. The van der Waals surface area contributed by atoms with Crippen LogP contribution in [0.3, 0.4) is 0 Å². The molecule has 0 spiro atoms. The summed E-state index contributed by atoms with van der Waals surface area (Å²) >= 11 is 0. The smallest absolute Gasteiger partial charge is 0.307 e. The third-order valence-electron chi connectivity index (χ3n) is 3.77. The van der Waals surface area contributed by atoms with Crippen LogP contribution in [0.2, 0.25) is 0 Å². The van der Waals surface area contributed by atoms with Gasteiger partial charge in [0, 0.05) is 12.0 Å². The Morgan fingerprint density at radius 3 is 2.55 bits per heavy atom. The van der Waals surface area contributed by atoms with Crippen molar-refractivity contribution in [3.05, 3.63) is 29.6 Å². The molecule has 1 aromatic carbocycles. The van der Waals surface area contributed by atoms with Gasteiger partial charge in [-0.1, -0.05) is 40.7 Å². The van der Waals surface area contributed by atoms with Gasteiger partial charge in [-0.15, -0.1) is 0 Å². The molecule has 4 nitrogen and oxygen atoms in total. The van der Waals surface area contributed by atoms with E-state index in [0.717, 1.165) is 35.4 Å². The number of hydrogen-bond acceptors (Lipinski definition) is 2. The Morgan fingerprint density at radius 1 is 1.32 bits per heavy atom. The van der Waals surface area contributed by atoms with Crippen LogP contribution < -0.4 is 0 Å². The summed E-state index contributed by atoms with van der Waals surface area (Å²) in [6, 6.07) is 5.82. The first-order valence-electron chi connectivity index (χ1n) is 7.90. The highest BCUT2D eigenvalue weighted by atomic mass is 16.4. The van der Waals surface area contributed by atoms with Gasteiger partial charge >= 0.3 is 5.97 Å². The maximum absolute atomic E-state index is 10.9. The number of rotatable bonds is 5. The molecule has 0 bridgehead atoms. The van der Waals surface area contributed by atoms with Gasteiger partial charge < -0.3 is 9.67 Å². The van der Waals surface area contributed by atoms with Gasteiger partial charge in [-0.2, -0.15) is 0 Å². The van der Waals surface area contributed by atoms with Crippen LogP contribution in [0.4, 0.5) is 0 Å². The predicted octanol–water partition coefficient (Wildman–Crippen LogP) is 4.01. The number of aryl methyl sites for hydroxylation is 1. The highest BCUT2D eigenvalue weighted by molar-refractivity contribution is 5.79. The van der Waals surface area contributed by atoms with Crippen molar-refractivity contribution in [2.75, 3.05) is 0 Å². The lowest BCUT2D eigenvalue weighted by Gasteiger charge is -2.20. The van der Waals surface area contributed by atoms with Gasteiger partial charge in [-0.05, 0) is 30.0 Å². The van der Waals surface area contributed by atoms with Crippen LogP contribution in [0.1, 0.15) is 52.4 Å². The number of aliphatic carboxylic acids is 1. The molecule has 22 heavy (non-hydrogen) atoms. The van der Waals surface area contributed by atoms with E-state index in [-0.39, 0.29) is 11.8 Å².